The molecular formula is C12H18N2O3S. The predicted octanol–water partition coefficient (Wildman–Crippen LogP) is 0.469. The van der Waals surface area contributed by atoms with E-state index in [4.69, 9.17) is 10.2 Å². The van der Waals surface area contributed by atoms with Crippen molar-refractivity contribution in [3.8, 4) is 0 Å². The maximum atomic E-state index is 11.3. The highest BCUT2D eigenvalue weighted by molar-refractivity contribution is 7.89. The summed E-state index contributed by atoms with van der Waals surface area (Å²) in [5.41, 5.74) is 2.12. The lowest BCUT2D eigenvalue weighted by atomic mass is 10.2. The van der Waals surface area contributed by atoms with Crippen LogP contribution < -0.4 is 10.0 Å². The van der Waals surface area contributed by atoms with Gasteiger partial charge in [-0.25, -0.2) is 13.6 Å². The highest BCUT2D eigenvalue weighted by atomic mass is 32.2. The summed E-state index contributed by atoms with van der Waals surface area (Å²) in [7, 11) is -3.64. The number of nitrogens with zero attached hydrogens (tertiary/aromatic N) is 1. The lowest BCUT2D eigenvalue weighted by Crippen LogP contribution is -2.22. The van der Waals surface area contributed by atoms with Crippen LogP contribution in [0, 0.1) is 0 Å². The number of unbranched alkanes of at least 4 members (excludes halogenated alkanes) is 1. The Labute approximate surface area is 107 Å². The summed E-state index contributed by atoms with van der Waals surface area (Å²) < 4.78 is 22.7. The monoisotopic (exact) mass is 270 g/mol. The number of benzene rings is 1. The van der Waals surface area contributed by atoms with Crippen molar-refractivity contribution >= 4 is 15.7 Å². The van der Waals surface area contributed by atoms with Gasteiger partial charge in [0, 0.05) is 25.4 Å². The molecule has 0 amide bonds. The first-order valence-electron chi connectivity index (χ1n) is 6.04. The molecule has 5 nitrogen and oxygen atoms in total. The number of primary sulfonamides is 1. The molecule has 1 aliphatic heterocycles. The first-order valence-corrected chi connectivity index (χ1v) is 7.58. The third-order valence-corrected chi connectivity index (χ3v) is 4.12. The minimum atomic E-state index is -3.64. The van der Waals surface area contributed by atoms with Gasteiger partial charge in [-0.2, -0.15) is 0 Å². The Morgan fingerprint density at radius 3 is 2.78 bits per heavy atom. The lowest BCUT2D eigenvalue weighted by Gasteiger charge is -2.19. The van der Waals surface area contributed by atoms with Gasteiger partial charge >= 0.3 is 0 Å². The van der Waals surface area contributed by atoms with E-state index in [1.54, 1.807) is 12.1 Å². The fourth-order valence-corrected chi connectivity index (χ4v) is 2.78. The van der Waals surface area contributed by atoms with Crippen LogP contribution in [0.2, 0.25) is 0 Å². The third kappa shape index (κ3) is 2.82. The average Bonchev–Trinajstić information content (AvgIpc) is 2.71. The topological polar surface area (TPSA) is 83.6 Å². The van der Waals surface area contributed by atoms with E-state index >= 15 is 0 Å². The van der Waals surface area contributed by atoms with Crippen molar-refractivity contribution in [1.29, 1.82) is 0 Å². The Hall–Kier alpha value is -1.11. The van der Waals surface area contributed by atoms with E-state index in [1.807, 2.05) is 6.07 Å². The molecule has 18 heavy (non-hydrogen) atoms. The van der Waals surface area contributed by atoms with Gasteiger partial charge in [-0.15, -0.1) is 0 Å². The minimum Gasteiger partial charge on any atom is -0.396 e. The highest BCUT2D eigenvalue weighted by Crippen LogP contribution is 2.30. The molecule has 1 heterocycles. The second-order valence-corrected chi connectivity index (χ2v) is 6.06. The van der Waals surface area contributed by atoms with Gasteiger partial charge in [-0.3, -0.25) is 0 Å². The van der Waals surface area contributed by atoms with E-state index in [0.29, 0.717) is 0 Å². The van der Waals surface area contributed by atoms with Crippen LogP contribution in [-0.2, 0) is 16.4 Å². The SMILES string of the molecule is NS(=O)(=O)c1ccc2c(c1)N(CCCCO)CC2. The Balaban J connectivity index is 2.20. The van der Waals surface area contributed by atoms with E-state index in [-0.39, 0.29) is 11.5 Å². The summed E-state index contributed by atoms with van der Waals surface area (Å²) in [5.74, 6) is 0. The number of aliphatic hydroxyl groups is 1. The molecule has 0 fully saturated rings. The van der Waals surface area contributed by atoms with Crippen molar-refractivity contribution in [3.05, 3.63) is 23.8 Å². The Morgan fingerprint density at radius 2 is 2.11 bits per heavy atom. The summed E-state index contributed by atoms with van der Waals surface area (Å²) in [5, 5.41) is 13.9. The zero-order valence-electron chi connectivity index (χ0n) is 10.2. The quantitative estimate of drug-likeness (QED) is 0.762. The maximum Gasteiger partial charge on any atom is 0.238 e. The number of fused-ring (bicyclic) bond motifs is 1. The summed E-state index contributed by atoms with van der Waals surface area (Å²) >= 11 is 0. The average molecular weight is 270 g/mol. The van der Waals surface area contributed by atoms with Crippen LogP contribution in [0.25, 0.3) is 0 Å². The molecule has 0 saturated heterocycles. The second-order valence-electron chi connectivity index (χ2n) is 4.50. The normalized spacial score (nSPS) is 14.9. The molecular weight excluding hydrogens is 252 g/mol. The van der Waals surface area contributed by atoms with Gasteiger partial charge in [0.15, 0.2) is 0 Å². The van der Waals surface area contributed by atoms with E-state index < -0.39 is 10.0 Å². The molecule has 0 aromatic heterocycles. The molecule has 0 spiro atoms. The van der Waals surface area contributed by atoms with Crippen molar-refractivity contribution in [3.63, 3.8) is 0 Å². The minimum absolute atomic E-state index is 0.162. The number of sulfonamides is 1. The molecule has 3 N–H and O–H groups in total. The number of hydrogen-bond donors (Lipinski definition) is 2. The molecule has 6 heteroatoms. The molecule has 2 rings (SSSR count). The fraction of sp³-hybridized carbons (Fsp3) is 0.500. The fourth-order valence-electron chi connectivity index (χ4n) is 2.25. The zero-order valence-corrected chi connectivity index (χ0v) is 11.0. The highest BCUT2D eigenvalue weighted by Gasteiger charge is 2.20. The van der Waals surface area contributed by atoms with Crippen molar-refractivity contribution in [2.24, 2.45) is 5.14 Å². The van der Waals surface area contributed by atoms with Gasteiger partial charge in [0.1, 0.15) is 0 Å². The van der Waals surface area contributed by atoms with Gasteiger partial charge < -0.3 is 10.0 Å². The molecule has 0 saturated carbocycles. The number of rotatable bonds is 5. The van der Waals surface area contributed by atoms with E-state index in [2.05, 4.69) is 4.90 Å². The standard InChI is InChI=1S/C12H18N2O3S/c13-18(16,17)11-4-3-10-5-7-14(12(10)9-11)6-1-2-8-15/h3-4,9,15H,1-2,5-8H2,(H2,13,16,17). The third-order valence-electron chi connectivity index (χ3n) is 3.21. The van der Waals surface area contributed by atoms with E-state index in [9.17, 15) is 8.42 Å². The molecule has 1 aromatic carbocycles. The predicted molar refractivity (Wildman–Crippen MR) is 70.1 cm³/mol. The molecule has 0 atom stereocenters. The number of anilines is 1. The van der Waals surface area contributed by atoms with Gasteiger partial charge in [0.25, 0.3) is 0 Å². The van der Waals surface area contributed by atoms with Crippen LogP contribution >= 0.6 is 0 Å². The maximum absolute atomic E-state index is 11.3. The second kappa shape index (κ2) is 5.26. The van der Waals surface area contributed by atoms with Crippen molar-refractivity contribution in [1.82, 2.24) is 0 Å². The first kappa shape index (κ1) is 13.3. The van der Waals surface area contributed by atoms with Gasteiger partial charge in [-0.1, -0.05) is 6.07 Å². The van der Waals surface area contributed by atoms with Gasteiger partial charge in [0.05, 0.1) is 4.90 Å². The van der Waals surface area contributed by atoms with E-state index in [0.717, 1.165) is 43.6 Å². The van der Waals surface area contributed by atoms with Crippen molar-refractivity contribution in [2.45, 2.75) is 24.2 Å². The summed E-state index contributed by atoms with van der Waals surface area (Å²) in [6.07, 6.45) is 2.59. The smallest absolute Gasteiger partial charge is 0.238 e. The molecule has 1 aliphatic rings. The van der Waals surface area contributed by atoms with Crippen LogP contribution in [0.5, 0.6) is 0 Å². The first-order chi connectivity index (χ1) is 8.52. The largest absolute Gasteiger partial charge is 0.396 e. The molecule has 0 unspecified atom stereocenters. The zero-order chi connectivity index (χ0) is 13.2. The lowest BCUT2D eigenvalue weighted by molar-refractivity contribution is 0.285. The summed E-state index contributed by atoms with van der Waals surface area (Å²) in [6, 6.07) is 5.04. The molecule has 100 valence electrons. The summed E-state index contributed by atoms with van der Waals surface area (Å²) in [6.45, 7) is 1.92. The van der Waals surface area contributed by atoms with Crippen LogP contribution in [0.3, 0.4) is 0 Å². The van der Waals surface area contributed by atoms with Crippen LogP contribution in [0.15, 0.2) is 23.1 Å². The van der Waals surface area contributed by atoms with Crippen LogP contribution in [-0.4, -0.2) is 33.2 Å². The summed E-state index contributed by atoms with van der Waals surface area (Å²) in [4.78, 5) is 2.31. The Bertz CT molecular complexity index is 528. The van der Waals surface area contributed by atoms with Crippen molar-refractivity contribution < 1.29 is 13.5 Å². The number of aliphatic hydroxyl groups excluding tert-OH is 1. The number of hydrogen-bond acceptors (Lipinski definition) is 4. The molecule has 0 aliphatic carbocycles. The Kier molecular flexibility index (Phi) is 3.89. The molecule has 1 aromatic rings. The van der Waals surface area contributed by atoms with Gasteiger partial charge in [-0.05, 0) is 37.0 Å². The van der Waals surface area contributed by atoms with Gasteiger partial charge in [0.2, 0.25) is 10.0 Å². The molecule has 0 radical (unpaired) electrons. The molecule has 0 bridgehead atoms. The van der Waals surface area contributed by atoms with Crippen molar-refractivity contribution in [2.75, 3.05) is 24.6 Å². The van der Waals surface area contributed by atoms with Crippen LogP contribution in [0.4, 0.5) is 5.69 Å². The Morgan fingerprint density at radius 1 is 1.33 bits per heavy atom. The number of nitrogens with two attached hydrogens (primary N) is 1. The van der Waals surface area contributed by atoms with Crippen LogP contribution in [0.1, 0.15) is 18.4 Å². The van der Waals surface area contributed by atoms with E-state index in [1.165, 1.54) is 0 Å².